The quantitative estimate of drug-likeness (QED) is 0.674. The van der Waals surface area contributed by atoms with Gasteiger partial charge in [0.1, 0.15) is 0 Å². The van der Waals surface area contributed by atoms with Crippen LogP contribution in [-0.4, -0.2) is 21.6 Å². The molecule has 1 N–H and O–H groups in total. The lowest BCUT2D eigenvalue weighted by atomic mass is 9.93. The number of anilines is 1. The first-order valence-corrected chi connectivity index (χ1v) is 8.06. The number of benzene rings is 2. The molecular formula is C19H17N3O4. The fourth-order valence-corrected chi connectivity index (χ4v) is 3.00. The van der Waals surface area contributed by atoms with E-state index in [1.165, 1.54) is 30.0 Å². The molecule has 1 unspecified atom stereocenters. The third-order valence-electron chi connectivity index (χ3n) is 4.19. The lowest BCUT2D eigenvalue weighted by Gasteiger charge is -2.32. The molecule has 1 aliphatic heterocycles. The number of hydrogen-bond acceptors (Lipinski definition) is 4. The molecule has 2 aromatic rings. The number of carbonyl (C=O) groups excluding carboxylic acids is 2. The van der Waals surface area contributed by atoms with E-state index in [1.807, 2.05) is 30.3 Å². The van der Waals surface area contributed by atoms with Crippen molar-refractivity contribution in [1.82, 2.24) is 4.90 Å². The van der Waals surface area contributed by atoms with Gasteiger partial charge in [0.15, 0.2) is 0 Å². The topological polar surface area (TPSA) is 92.6 Å². The average Bonchev–Trinajstić information content (AvgIpc) is 2.61. The predicted octanol–water partition coefficient (Wildman–Crippen LogP) is 3.50. The lowest BCUT2D eigenvalue weighted by molar-refractivity contribution is -0.384. The minimum absolute atomic E-state index is 0.0453. The molecule has 0 saturated carbocycles. The van der Waals surface area contributed by atoms with Gasteiger partial charge in [-0.3, -0.25) is 19.7 Å². The summed E-state index contributed by atoms with van der Waals surface area (Å²) in [5, 5.41) is 13.5. The van der Waals surface area contributed by atoms with Crippen molar-refractivity contribution in [3.8, 4) is 0 Å². The standard InChI is InChI=1S/C19H17N3O4/c1-13(23)21-10-9-14-5-2-3-8-17(14)18(21)12-19(24)20-15-6-4-7-16(11-15)22(25)26/h2-11,18H,12H2,1H3,(H,20,24). The number of non-ortho nitro benzene ring substituents is 1. The van der Waals surface area contributed by atoms with Gasteiger partial charge < -0.3 is 10.2 Å². The first kappa shape index (κ1) is 17.3. The van der Waals surface area contributed by atoms with Crippen molar-refractivity contribution in [2.24, 2.45) is 0 Å². The van der Waals surface area contributed by atoms with Crippen molar-refractivity contribution in [1.29, 1.82) is 0 Å². The molecule has 0 bridgehead atoms. The van der Waals surface area contributed by atoms with Gasteiger partial charge in [-0.2, -0.15) is 0 Å². The Balaban J connectivity index is 1.80. The van der Waals surface area contributed by atoms with Crippen molar-refractivity contribution in [2.45, 2.75) is 19.4 Å². The van der Waals surface area contributed by atoms with E-state index >= 15 is 0 Å². The zero-order valence-electron chi connectivity index (χ0n) is 14.1. The molecule has 26 heavy (non-hydrogen) atoms. The Morgan fingerprint density at radius 3 is 2.69 bits per heavy atom. The number of carbonyl (C=O) groups is 2. The fourth-order valence-electron chi connectivity index (χ4n) is 3.00. The zero-order chi connectivity index (χ0) is 18.7. The minimum atomic E-state index is -0.519. The van der Waals surface area contributed by atoms with Crippen molar-refractivity contribution >= 4 is 29.3 Å². The molecule has 0 spiro atoms. The highest BCUT2D eigenvalue weighted by Gasteiger charge is 2.28. The summed E-state index contributed by atoms with van der Waals surface area (Å²) in [5.74, 6) is -0.490. The Labute approximate surface area is 150 Å². The van der Waals surface area contributed by atoms with Gasteiger partial charge in [-0.15, -0.1) is 0 Å². The third-order valence-corrected chi connectivity index (χ3v) is 4.19. The normalized spacial score (nSPS) is 15.3. The molecule has 2 amide bonds. The Hall–Kier alpha value is -3.48. The van der Waals surface area contributed by atoms with Crippen molar-refractivity contribution in [3.63, 3.8) is 0 Å². The van der Waals surface area contributed by atoms with E-state index in [-0.39, 0.29) is 23.9 Å². The number of fused-ring (bicyclic) bond motifs is 1. The lowest BCUT2D eigenvalue weighted by Crippen LogP contribution is -2.33. The van der Waals surface area contributed by atoms with Gasteiger partial charge in [-0.25, -0.2) is 0 Å². The second-order valence-electron chi connectivity index (χ2n) is 5.95. The molecule has 1 atom stereocenters. The van der Waals surface area contributed by atoms with E-state index in [9.17, 15) is 19.7 Å². The SMILES string of the molecule is CC(=O)N1C=Cc2ccccc2C1CC(=O)Nc1cccc([N+](=O)[O-])c1. The largest absolute Gasteiger partial charge is 0.326 e. The van der Waals surface area contributed by atoms with E-state index in [2.05, 4.69) is 5.32 Å². The van der Waals surface area contributed by atoms with E-state index < -0.39 is 11.0 Å². The van der Waals surface area contributed by atoms with Gasteiger partial charge in [0.2, 0.25) is 11.8 Å². The number of rotatable bonds is 4. The number of amides is 2. The summed E-state index contributed by atoms with van der Waals surface area (Å²) in [7, 11) is 0. The number of nitro groups is 1. The van der Waals surface area contributed by atoms with Crippen molar-refractivity contribution in [3.05, 3.63) is 76.0 Å². The monoisotopic (exact) mass is 351 g/mol. The van der Waals surface area contributed by atoms with Crippen LogP contribution in [0.3, 0.4) is 0 Å². The van der Waals surface area contributed by atoms with Gasteiger partial charge in [0, 0.05) is 30.9 Å². The second kappa shape index (κ2) is 7.18. The van der Waals surface area contributed by atoms with Crippen LogP contribution in [0.5, 0.6) is 0 Å². The Kier molecular flexibility index (Phi) is 4.79. The number of nitrogens with one attached hydrogen (secondary N) is 1. The first-order valence-electron chi connectivity index (χ1n) is 8.06. The molecule has 3 rings (SSSR count). The van der Waals surface area contributed by atoms with Crippen LogP contribution in [0.1, 0.15) is 30.5 Å². The van der Waals surface area contributed by atoms with E-state index in [4.69, 9.17) is 0 Å². The summed E-state index contributed by atoms with van der Waals surface area (Å²) < 4.78 is 0. The maximum atomic E-state index is 12.5. The Bertz CT molecular complexity index is 907. The molecule has 1 aliphatic rings. The second-order valence-corrected chi connectivity index (χ2v) is 5.95. The molecule has 7 heteroatoms. The van der Waals surface area contributed by atoms with Crippen molar-refractivity contribution in [2.75, 3.05) is 5.32 Å². The van der Waals surface area contributed by atoms with Crippen LogP contribution in [0.15, 0.2) is 54.7 Å². The molecule has 1 heterocycles. The molecule has 2 aromatic carbocycles. The smallest absolute Gasteiger partial charge is 0.271 e. The number of hydrogen-bond donors (Lipinski definition) is 1. The van der Waals surface area contributed by atoms with Gasteiger partial charge >= 0.3 is 0 Å². The van der Waals surface area contributed by atoms with Gasteiger partial charge in [0.25, 0.3) is 5.69 Å². The average molecular weight is 351 g/mol. The third kappa shape index (κ3) is 3.61. The van der Waals surface area contributed by atoms with E-state index in [1.54, 1.807) is 12.3 Å². The number of nitro benzene ring substituents is 1. The molecule has 132 valence electrons. The predicted molar refractivity (Wildman–Crippen MR) is 97.1 cm³/mol. The maximum absolute atomic E-state index is 12.5. The van der Waals surface area contributed by atoms with Crippen LogP contribution < -0.4 is 5.32 Å². The molecule has 0 fully saturated rings. The molecule has 7 nitrogen and oxygen atoms in total. The minimum Gasteiger partial charge on any atom is -0.326 e. The Morgan fingerprint density at radius 1 is 1.19 bits per heavy atom. The zero-order valence-corrected chi connectivity index (χ0v) is 14.1. The molecular weight excluding hydrogens is 334 g/mol. The summed E-state index contributed by atoms with van der Waals surface area (Å²) in [5.41, 5.74) is 2.09. The molecule has 0 saturated heterocycles. The summed E-state index contributed by atoms with van der Waals surface area (Å²) in [6.45, 7) is 1.45. The molecule has 0 aromatic heterocycles. The molecule has 0 radical (unpaired) electrons. The molecule has 0 aliphatic carbocycles. The fraction of sp³-hybridized carbons (Fsp3) is 0.158. The summed E-state index contributed by atoms with van der Waals surface area (Å²) >= 11 is 0. The van der Waals surface area contributed by atoms with E-state index in [0.717, 1.165) is 11.1 Å². The van der Waals surface area contributed by atoms with Crippen LogP contribution in [0.4, 0.5) is 11.4 Å². The van der Waals surface area contributed by atoms with Gasteiger partial charge in [-0.1, -0.05) is 30.3 Å². The summed E-state index contributed by atoms with van der Waals surface area (Å²) in [6, 6.07) is 12.9. The van der Waals surface area contributed by atoms with Gasteiger partial charge in [0.05, 0.1) is 17.4 Å². The highest BCUT2D eigenvalue weighted by Crippen LogP contribution is 2.33. The van der Waals surface area contributed by atoms with E-state index in [0.29, 0.717) is 5.69 Å². The Morgan fingerprint density at radius 2 is 1.96 bits per heavy atom. The highest BCUT2D eigenvalue weighted by atomic mass is 16.6. The van der Waals surface area contributed by atoms with Crippen LogP contribution in [0.2, 0.25) is 0 Å². The van der Waals surface area contributed by atoms with Crippen LogP contribution in [-0.2, 0) is 9.59 Å². The van der Waals surface area contributed by atoms with Crippen LogP contribution in [0.25, 0.3) is 6.08 Å². The number of nitrogens with zero attached hydrogens (tertiary/aromatic N) is 2. The summed E-state index contributed by atoms with van der Waals surface area (Å²) in [6.07, 6.45) is 3.56. The first-order chi connectivity index (χ1) is 12.5. The van der Waals surface area contributed by atoms with Crippen molar-refractivity contribution < 1.29 is 14.5 Å². The summed E-state index contributed by atoms with van der Waals surface area (Å²) in [4.78, 5) is 36.3. The van der Waals surface area contributed by atoms with Crippen LogP contribution >= 0.6 is 0 Å². The maximum Gasteiger partial charge on any atom is 0.271 e. The van der Waals surface area contributed by atoms with Gasteiger partial charge in [-0.05, 0) is 23.3 Å². The highest BCUT2D eigenvalue weighted by molar-refractivity contribution is 5.92. The van der Waals surface area contributed by atoms with Crippen LogP contribution in [0, 0.1) is 10.1 Å².